The monoisotopic (exact) mass is 288 g/mol. The molecule has 0 spiro atoms. The second-order valence-electron chi connectivity index (χ2n) is 6.90. The molecule has 116 valence electrons. The number of hydrogen-bond donors (Lipinski definition) is 1. The van der Waals surface area contributed by atoms with E-state index in [1.807, 2.05) is 6.07 Å². The van der Waals surface area contributed by atoms with Gasteiger partial charge in [-0.3, -0.25) is 0 Å². The van der Waals surface area contributed by atoms with Crippen LogP contribution in [0.2, 0.25) is 0 Å². The minimum Gasteiger partial charge on any atom is -0.497 e. The molecule has 1 aromatic rings. The van der Waals surface area contributed by atoms with Crippen LogP contribution in [-0.4, -0.2) is 37.2 Å². The largest absolute Gasteiger partial charge is 0.497 e. The summed E-state index contributed by atoms with van der Waals surface area (Å²) in [6.45, 7) is 7.14. The molecule has 2 fully saturated rings. The van der Waals surface area contributed by atoms with E-state index in [9.17, 15) is 0 Å². The van der Waals surface area contributed by atoms with Gasteiger partial charge in [-0.15, -0.1) is 0 Å². The van der Waals surface area contributed by atoms with Gasteiger partial charge in [0.15, 0.2) is 0 Å². The molecule has 1 saturated carbocycles. The summed E-state index contributed by atoms with van der Waals surface area (Å²) >= 11 is 0. The number of hydrogen-bond acceptors (Lipinski definition) is 3. The predicted octanol–water partition coefficient (Wildman–Crippen LogP) is 3.62. The molecule has 3 nitrogen and oxygen atoms in total. The van der Waals surface area contributed by atoms with Crippen LogP contribution in [0.3, 0.4) is 0 Å². The molecule has 3 rings (SSSR count). The summed E-state index contributed by atoms with van der Waals surface area (Å²) < 4.78 is 5.34. The van der Waals surface area contributed by atoms with Crippen molar-refractivity contribution in [3.8, 4) is 5.75 Å². The topological polar surface area (TPSA) is 24.5 Å². The Kier molecular flexibility index (Phi) is 4.39. The standard InChI is InChI=1S/C18H28N2O/c1-13(2)20-11-14-6-4-7-15(12-20)18(14)19-16-8-5-9-17(10-16)21-3/h5,8-10,13-15,18-19H,4,6-7,11-12H2,1-3H3. The first-order valence-corrected chi connectivity index (χ1v) is 8.32. The second kappa shape index (κ2) is 6.27. The molecule has 0 radical (unpaired) electrons. The van der Waals surface area contributed by atoms with Crippen molar-refractivity contribution in [1.82, 2.24) is 4.90 Å². The zero-order valence-corrected chi connectivity index (χ0v) is 13.5. The van der Waals surface area contributed by atoms with E-state index >= 15 is 0 Å². The fourth-order valence-corrected chi connectivity index (χ4v) is 4.04. The lowest BCUT2D eigenvalue weighted by Gasteiger charge is -2.49. The third-order valence-corrected chi connectivity index (χ3v) is 5.24. The van der Waals surface area contributed by atoms with E-state index in [4.69, 9.17) is 4.74 Å². The molecule has 1 aliphatic carbocycles. The van der Waals surface area contributed by atoms with Crippen molar-refractivity contribution >= 4 is 5.69 Å². The van der Waals surface area contributed by atoms with Gasteiger partial charge in [0.2, 0.25) is 0 Å². The number of anilines is 1. The molecular weight excluding hydrogens is 260 g/mol. The third-order valence-electron chi connectivity index (χ3n) is 5.24. The van der Waals surface area contributed by atoms with Crippen LogP contribution in [-0.2, 0) is 0 Å². The maximum atomic E-state index is 5.34. The Morgan fingerprint density at radius 3 is 2.52 bits per heavy atom. The molecular formula is C18H28N2O. The first-order valence-electron chi connectivity index (χ1n) is 8.32. The number of ether oxygens (including phenoxy) is 1. The summed E-state index contributed by atoms with van der Waals surface area (Å²) in [5, 5.41) is 3.81. The number of nitrogens with one attached hydrogen (secondary N) is 1. The van der Waals surface area contributed by atoms with E-state index in [0.717, 1.165) is 17.6 Å². The van der Waals surface area contributed by atoms with Crippen LogP contribution >= 0.6 is 0 Å². The van der Waals surface area contributed by atoms with Crippen molar-refractivity contribution in [2.24, 2.45) is 11.8 Å². The normalized spacial score (nSPS) is 29.4. The van der Waals surface area contributed by atoms with Gasteiger partial charge in [0.25, 0.3) is 0 Å². The number of piperidine rings is 1. The summed E-state index contributed by atoms with van der Waals surface area (Å²) in [6, 6.07) is 9.65. The Labute approximate surface area is 128 Å². The number of methoxy groups -OCH3 is 1. The van der Waals surface area contributed by atoms with Crippen molar-refractivity contribution in [2.45, 2.75) is 45.2 Å². The number of nitrogens with zero attached hydrogens (tertiary/aromatic N) is 1. The molecule has 1 saturated heterocycles. The van der Waals surface area contributed by atoms with E-state index in [1.54, 1.807) is 7.11 Å². The molecule has 2 bridgehead atoms. The van der Waals surface area contributed by atoms with E-state index in [-0.39, 0.29) is 0 Å². The summed E-state index contributed by atoms with van der Waals surface area (Å²) in [4.78, 5) is 2.66. The van der Waals surface area contributed by atoms with Gasteiger partial charge in [-0.05, 0) is 50.7 Å². The minimum atomic E-state index is 0.626. The van der Waals surface area contributed by atoms with Gasteiger partial charge in [-0.2, -0.15) is 0 Å². The van der Waals surface area contributed by atoms with Crippen molar-refractivity contribution < 1.29 is 4.74 Å². The summed E-state index contributed by atoms with van der Waals surface area (Å²) in [6.07, 6.45) is 4.13. The fourth-order valence-electron chi connectivity index (χ4n) is 4.04. The van der Waals surface area contributed by atoms with Gasteiger partial charge in [-0.25, -0.2) is 0 Å². The van der Waals surface area contributed by atoms with Crippen LogP contribution in [0.15, 0.2) is 24.3 Å². The summed E-state index contributed by atoms with van der Waals surface area (Å²) in [5.74, 6) is 2.50. The van der Waals surface area contributed by atoms with Gasteiger partial charge in [0.05, 0.1) is 7.11 Å². The maximum absolute atomic E-state index is 5.34. The van der Waals surface area contributed by atoms with Gasteiger partial charge in [0.1, 0.15) is 5.75 Å². The molecule has 1 N–H and O–H groups in total. The SMILES string of the molecule is COc1cccc(NC2C3CCCC2CN(C(C)C)C3)c1. The summed E-state index contributed by atoms with van der Waals surface area (Å²) in [7, 11) is 1.73. The van der Waals surface area contributed by atoms with Crippen LogP contribution in [0.5, 0.6) is 5.75 Å². The molecule has 0 aromatic heterocycles. The van der Waals surface area contributed by atoms with Gasteiger partial charge in [-0.1, -0.05) is 12.5 Å². The van der Waals surface area contributed by atoms with Crippen LogP contribution in [0, 0.1) is 11.8 Å². The Morgan fingerprint density at radius 1 is 1.19 bits per heavy atom. The molecule has 3 heteroatoms. The zero-order valence-electron chi connectivity index (χ0n) is 13.5. The average Bonchev–Trinajstić information content (AvgIpc) is 2.47. The highest BCUT2D eigenvalue weighted by Crippen LogP contribution is 2.37. The Morgan fingerprint density at radius 2 is 1.90 bits per heavy atom. The lowest BCUT2D eigenvalue weighted by molar-refractivity contribution is 0.0518. The lowest BCUT2D eigenvalue weighted by Crippen LogP contribution is -2.56. The number of likely N-dealkylation sites (tertiary alicyclic amines) is 1. The number of benzene rings is 1. The molecule has 21 heavy (non-hydrogen) atoms. The molecule has 2 aliphatic rings. The van der Waals surface area contributed by atoms with Gasteiger partial charge in [0, 0.05) is 36.9 Å². The predicted molar refractivity (Wildman–Crippen MR) is 87.9 cm³/mol. The Bertz CT molecular complexity index is 460. The quantitative estimate of drug-likeness (QED) is 0.916. The molecule has 1 heterocycles. The van der Waals surface area contributed by atoms with Crippen LogP contribution in [0.25, 0.3) is 0 Å². The number of rotatable bonds is 4. The summed E-state index contributed by atoms with van der Waals surface area (Å²) in [5.41, 5.74) is 1.20. The average molecular weight is 288 g/mol. The zero-order chi connectivity index (χ0) is 14.8. The first-order chi connectivity index (χ1) is 10.2. The molecule has 1 aliphatic heterocycles. The highest BCUT2D eigenvalue weighted by atomic mass is 16.5. The van der Waals surface area contributed by atoms with Crippen molar-refractivity contribution in [3.63, 3.8) is 0 Å². The van der Waals surface area contributed by atoms with Crippen LogP contribution < -0.4 is 10.1 Å². The highest BCUT2D eigenvalue weighted by Gasteiger charge is 2.39. The smallest absolute Gasteiger partial charge is 0.120 e. The number of fused-ring (bicyclic) bond motifs is 2. The molecule has 1 aromatic carbocycles. The van der Waals surface area contributed by atoms with Crippen molar-refractivity contribution in [1.29, 1.82) is 0 Å². The Balaban J connectivity index is 1.73. The molecule has 2 atom stereocenters. The second-order valence-corrected chi connectivity index (χ2v) is 6.90. The fraction of sp³-hybridized carbons (Fsp3) is 0.667. The lowest BCUT2D eigenvalue weighted by atomic mass is 9.73. The van der Waals surface area contributed by atoms with Crippen molar-refractivity contribution in [3.05, 3.63) is 24.3 Å². The van der Waals surface area contributed by atoms with Crippen LogP contribution in [0.4, 0.5) is 5.69 Å². The molecule has 0 amide bonds. The van der Waals surface area contributed by atoms with E-state index in [2.05, 4.69) is 42.3 Å². The van der Waals surface area contributed by atoms with Crippen LogP contribution in [0.1, 0.15) is 33.1 Å². The Hall–Kier alpha value is -1.22. The van der Waals surface area contributed by atoms with E-state index in [0.29, 0.717) is 12.1 Å². The maximum Gasteiger partial charge on any atom is 0.120 e. The highest BCUT2D eigenvalue weighted by molar-refractivity contribution is 5.49. The third kappa shape index (κ3) is 3.18. The first kappa shape index (κ1) is 14.7. The molecule has 2 unspecified atom stereocenters. The van der Waals surface area contributed by atoms with E-state index in [1.165, 1.54) is 38.0 Å². The van der Waals surface area contributed by atoms with Gasteiger partial charge >= 0.3 is 0 Å². The minimum absolute atomic E-state index is 0.626. The van der Waals surface area contributed by atoms with E-state index < -0.39 is 0 Å². The van der Waals surface area contributed by atoms with Gasteiger partial charge < -0.3 is 15.0 Å². The van der Waals surface area contributed by atoms with Crippen molar-refractivity contribution in [2.75, 3.05) is 25.5 Å².